The SMILES string of the molecule is N#Cc1ccnnc1Sc1nc2ccc(N)cc2[nH]1. The van der Waals surface area contributed by atoms with Gasteiger partial charge in [0.05, 0.1) is 22.8 Å². The molecule has 0 atom stereocenters. The summed E-state index contributed by atoms with van der Waals surface area (Å²) in [7, 11) is 0. The Hall–Kier alpha value is -2.59. The van der Waals surface area contributed by atoms with Gasteiger partial charge in [-0.15, -0.1) is 5.10 Å². The van der Waals surface area contributed by atoms with Gasteiger partial charge in [-0.05, 0) is 36.0 Å². The van der Waals surface area contributed by atoms with E-state index in [9.17, 15) is 0 Å². The number of nitrogens with zero attached hydrogens (tertiary/aromatic N) is 4. The summed E-state index contributed by atoms with van der Waals surface area (Å²) in [5, 5.41) is 17.9. The van der Waals surface area contributed by atoms with Crippen molar-refractivity contribution in [2.24, 2.45) is 0 Å². The number of nitrogens with two attached hydrogens (primary N) is 1. The van der Waals surface area contributed by atoms with Crippen molar-refractivity contribution in [2.45, 2.75) is 10.2 Å². The Labute approximate surface area is 112 Å². The molecular formula is C12H8N6S. The molecule has 92 valence electrons. The van der Waals surface area contributed by atoms with E-state index in [1.165, 1.54) is 18.0 Å². The molecule has 0 amide bonds. The van der Waals surface area contributed by atoms with Crippen molar-refractivity contribution in [1.29, 1.82) is 5.26 Å². The van der Waals surface area contributed by atoms with Gasteiger partial charge in [0.15, 0.2) is 5.16 Å². The van der Waals surface area contributed by atoms with Gasteiger partial charge in [-0.2, -0.15) is 10.4 Å². The van der Waals surface area contributed by atoms with E-state index in [0.717, 1.165) is 11.0 Å². The lowest BCUT2D eigenvalue weighted by atomic mass is 10.3. The molecule has 19 heavy (non-hydrogen) atoms. The molecular weight excluding hydrogens is 260 g/mol. The van der Waals surface area contributed by atoms with Crippen molar-refractivity contribution in [3.8, 4) is 6.07 Å². The Bertz CT molecular complexity index is 788. The van der Waals surface area contributed by atoms with Crippen LogP contribution in [0.25, 0.3) is 11.0 Å². The van der Waals surface area contributed by atoms with Crippen LogP contribution in [0.15, 0.2) is 40.6 Å². The van der Waals surface area contributed by atoms with Crippen LogP contribution in [0.5, 0.6) is 0 Å². The first-order valence-electron chi connectivity index (χ1n) is 5.41. The zero-order valence-electron chi connectivity index (χ0n) is 9.66. The molecule has 6 nitrogen and oxygen atoms in total. The highest BCUT2D eigenvalue weighted by molar-refractivity contribution is 7.99. The maximum Gasteiger partial charge on any atom is 0.172 e. The van der Waals surface area contributed by atoms with Crippen LogP contribution in [0.1, 0.15) is 5.56 Å². The van der Waals surface area contributed by atoms with E-state index in [1.54, 1.807) is 12.1 Å². The molecule has 7 heteroatoms. The van der Waals surface area contributed by atoms with E-state index in [4.69, 9.17) is 11.0 Å². The third-order valence-corrected chi connectivity index (χ3v) is 3.37. The van der Waals surface area contributed by atoms with Crippen LogP contribution in [0.3, 0.4) is 0 Å². The number of hydrogen-bond acceptors (Lipinski definition) is 6. The lowest BCUT2D eigenvalue weighted by Crippen LogP contribution is -1.89. The number of nitrogens with one attached hydrogen (secondary N) is 1. The minimum absolute atomic E-state index is 0.472. The summed E-state index contributed by atoms with van der Waals surface area (Å²) in [6, 6.07) is 9.14. The third-order valence-electron chi connectivity index (χ3n) is 2.48. The smallest absolute Gasteiger partial charge is 0.172 e. The summed E-state index contributed by atoms with van der Waals surface area (Å²) in [6.45, 7) is 0. The molecule has 2 aromatic heterocycles. The minimum atomic E-state index is 0.472. The van der Waals surface area contributed by atoms with Gasteiger partial charge in [0.2, 0.25) is 0 Å². The molecule has 3 rings (SSSR count). The average molecular weight is 268 g/mol. The number of rotatable bonds is 2. The monoisotopic (exact) mass is 268 g/mol. The van der Waals surface area contributed by atoms with Crippen molar-refractivity contribution >= 4 is 28.5 Å². The average Bonchev–Trinajstić information content (AvgIpc) is 2.80. The number of imidazole rings is 1. The molecule has 2 heterocycles. The number of nitrogen functional groups attached to an aromatic ring is 1. The van der Waals surface area contributed by atoms with Crippen molar-refractivity contribution in [2.75, 3.05) is 5.73 Å². The largest absolute Gasteiger partial charge is 0.399 e. The molecule has 0 spiro atoms. The Balaban J connectivity index is 1.99. The third kappa shape index (κ3) is 2.21. The fourth-order valence-electron chi connectivity index (χ4n) is 1.62. The lowest BCUT2D eigenvalue weighted by molar-refractivity contribution is 0.914. The number of anilines is 1. The van der Waals surface area contributed by atoms with Gasteiger partial charge in [-0.3, -0.25) is 0 Å². The summed E-state index contributed by atoms with van der Waals surface area (Å²) in [4.78, 5) is 7.53. The first-order valence-corrected chi connectivity index (χ1v) is 6.23. The second kappa shape index (κ2) is 4.59. The molecule has 0 fully saturated rings. The summed E-state index contributed by atoms with van der Waals surface area (Å²) in [6.07, 6.45) is 1.49. The summed E-state index contributed by atoms with van der Waals surface area (Å²) < 4.78 is 0. The molecule has 0 aliphatic carbocycles. The van der Waals surface area contributed by atoms with E-state index >= 15 is 0 Å². The normalized spacial score (nSPS) is 10.5. The Morgan fingerprint density at radius 1 is 1.32 bits per heavy atom. The number of aromatic nitrogens is 4. The van der Waals surface area contributed by atoms with Crippen LogP contribution < -0.4 is 5.73 Å². The maximum absolute atomic E-state index is 8.99. The van der Waals surface area contributed by atoms with Gasteiger partial charge >= 0.3 is 0 Å². The lowest BCUT2D eigenvalue weighted by Gasteiger charge is -1.96. The number of nitriles is 1. The van der Waals surface area contributed by atoms with Crippen LogP contribution >= 0.6 is 11.8 Å². The van der Waals surface area contributed by atoms with Crippen LogP contribution in [-0.4, -0.2) is 20.2 Å². The van der Waals surface area contributed by atoms with Gasteiger partial charge in [0, 0.05) is 5.69 Å². The fraction of sp³-hybridized carbons (Fsp3) is 0. The maximum atomic E-state index is 8.99. The molecule has 0 bridgehead atoms. The van der Waals surface area contributed by atoms with Crippen molar-refractivity contribution in [3.63, 3.8) is 0 Å². The fourth-order valence-corrected chi connectivity index (χ4v) is 2.42. The molecule has 1 aromatic carbocycles. The highest BCUT2D eigenvalue weighted by Gasteiger charge is 2.09. The zero-order chi connectivity index (χ0) is 13.2. The molecule has 0 unspecified atom stereocenters. The Kier molecular flexibility index (Phi) is 2.78. The van der Waals surface area contributed by atoms with E-state index in [-0.39, 0.29) is 0 Å². The second-order valence-corrected chi connectivity index (χ2v) is 4.76. The van der Waals surface area contributed by atoms with Crippen molar-refractivity contribution in [1.82, 2.24) is 20.2 Å². The highest BCUT2D eigenvalue weighted by Crippen LogP contribution is 2.27. The second-order valence-electron chi connectivity index (χ2n) is 3.78. The standard InChI is InChI=1S/C12H8N6S/c13-6-7-3-4-15-18-11(7)19-12-16-9-2-1-8(14)5-10(9)17-12/h1-5H,14H2,(H,16,17). The van der Waals surface area contributed by atoms with E-state index in [2.05, 4.69) is 26.2 Å². The summed E-state index contributed by atoms with van der Waals surface area (Å²) in [5.74, 6) is 0. The van der Waals surface area contributed by atoms with E-state index in [0.29, 0.717) is 21.4 Å². The van der Waals surface area contributed by atoms with Crippen LogP contribution in [0.2, 0.25) is 0 Å². The molecule has 0 radical (unpaired) electrons. The number of benzene rings is 1. The predicted octanol–water partition coefficient (Wildman–Crippen LogP) is 1.96. The van der Waals surface area contributed by atoms with Crippen LogP contribution in [0, 0.1) is 11.3 Å². The van der Waals surface area contributed by atoms with E-state index < -0.39 is 0 Å². The van der Waals surface area contributed by atoms with Gasteiger partial charge < -0.3 is 10.7 Å². The minimum Gasteiger partial charge on any atom is -0.399 e. The highest BCUT2D eigenvalue weighted by atomic mass is 32.2. The molecule has 0 aliphatic rings. The van der Waals surface area contributed by atoms with Crippen LogP contribution in [0.4, 0.5) is 5.69 Å². The van der Waals surface area contributed by atoms with Gasteiger partial charge in [-0.1, -0.05) is 0 Å². The number of fused-ring (bicyclic) bond motifs is 1. The predicted molar refractivity (Wildman–Crippen MR) is 71.4 cm³/mol. The summed E-state index contributed by atoms with van der Waals surface area (Å²) in [5.41, 5.74) is 8.53. The van der Waals surface area contributed by atoms with E-state index in [1.807, 2.05) is 12.1 Å². The van der Waals surface area contributed by atoms with Gasteiger partial charge in [0.25, 0.3) is 0 Å². The Morgan fingerprint density at radius 3 is 3.05 bits per heavy atom. The zero-order valence-corrected chi connectivity index (χ0v) is 10.5. The van der Waals surface area contributed by atoms with Crippen molar-refractivity contribution < 1.29 is 0 Å². The first kappa shape index (κ1) is 11.5. The molecule has 0 saturated heterocycles. The first-order chi connectivity index (χ1) is 9.26. The number of H-pyrrole nitrogens is 1. The Morgan fingerprint density at radius 2 is 2.21 bits per heavy atom. The summed E-state index contributed by atoms with van der Waals surface area (Å²) >= 11 is 1.27. The quantitative estimate of drug-likeness (QED) is 0.688. The number of aromatic amines is 1. The van der Waals surface area contributed by atoms with Gasteiger partial charge in [-0.25, -0.2) is 4.98 Å². The molecule has 3 N–H and O–H groups in total. The van der Waals surface area contributed by atoms with Crippen LogP contribution in [-0.2, 0) is 0 Å². The molecule has 3 aromatic rings. The number of hydrogen-bond donors (Lipinski definition) is 2. The topological polar surface area (TPSA) is 104 Å². The van der Waals surface area contributed by atoms with Gasteiger partial charge in [0.1, 0.15) is 11.1 Å². The van der Waals surface area contributed by atoms with Crippen molar-refractivity contribution in [3.05, 3.63) is 36.0 Å². The molecule has 0 saturated carbocycles. The molecule has 0 aliphatic heterocycles.